The summed E-state index contributed by atoms with van der Waals surface area (Å²) in [6.45, 7) is 3.62. The van der Waals surface area contributed by atoms with Crippen LogP contribution in [0, 0.1) is 6.92 Å². The average Bonchev–Trinajstić information content (AvgIpc) is 2.47. The van der Waals surface area contributed by atoms with Gasteiger partial charge in [0.25, 0.3) is 5.91 Å². The number of benzene rings is 2. The molecule has 0 aliphatic rings. The van der Waals surface area contributed by atoms with Gasteiger partial charge in [-0.3, -0.25) is 4.79 Å². The van der Waals surface area contributed by atoms with Crippen molar-refractivity contribution in [3.8, 4) is 5.75 Å². The molecule has 0 atom stereocenters. The number of hydrogen-bond donors (Lipinski definition) is 2. The predicted molar refractivity (Wildman–Crippen MR) is 84.0 cm³/mol. The summed E-state index contributed by atoms with van der Waals surface area (Å²) in [5.74, 6) is -0.277. The number of hydrazone groups is 1. The lowest BCUT2D eigenvalue weighted by Crippen LogP contribution is -2.19. The first-order chi connectivity index (χ1) is 9.99. The van der Waals surface area contributed by atoms with Crippen molar-refractivity contribution in [2.45, 2.75) is 13.8 Å². The van der Waals surface area contributed by atoms with E-state index >= 15 is 0 Å². The molecule has 0 spiro atoms. The predicted octanol–water partition coefficient (Wildman–Crippen LogP) is 3.51. The van der Waals surface area contributed by atoms with E-state index in [1.54, 1.807) is 49.4 Å². The van der Waals surface area contributed by atoms with Crippen LogP contribution in [0.4, 0.5) is 0 Å². The van der Waals surface area contributed by atoms with Gasteiger partial charge in [0.2, 0.25) is 0 Å². The van der Waals surface area contributed by atoms with Crippen LogP contribution in [-0.4, -0.2) is 16.7 Å². The van der Waals surface area contributed by atoms with Crippen LogP contribution >= 0.6 is 11.6 Å². The molecular weight excluding hydrogens is 288 g/mol. The molecule has 21 heavy (non-hydrogen) atoms. The second-order valence-corrected chi connectivity index (χ2v) is 5.05. The molecule has 0 aliphatic heterocycles. The van der Waals surface area contributed by atoms with Gasteiger partial charge in [-0.25, -0.2) is 5.43 Å². The first-order valence-corrected chi connectivity index (χ1v) is 6.76. The summed E-state index contributed by atoms with van der Waals surface area (Å²) in [5, 5.41) is 14.2. The summed E-state index contributed by atoms with van der Waals surface area (Å²) in [6, 6.07) is 11.9. The van der Waals surface area contributed by atoms with Gasteiger partial charge >= 0.3 is 0 Å². The van der Waals surface area contributed by atoms with Crippen LogP contribution in [0.15, 0.2) is 47.6 Å². The Kier molecular flexibility index (Phi) is 4.60. The third-order valence-corrected chi connectivity index (χ3v) is 3.32. The Hall–Kier alpha value is -2.33. The molecule has 0 saturated heterocycles. The second-order valence-electron chi connectivity index (χ2n) is 4.64. The molecule has 0 aliphatic carbocycles. The number of aromatic hydroxyl groups is 1. The number of nitrogens with one attached hydrogen (secondary N) is 1. The highest BCUT2D eigenvalue weighted by Crippen LogP contribution is 2.19. The molecule has 0 unspecified atom stereocenters. The number of carbonyl (C=O) groups is 1. The van der Waals surface area contributed by atoms with E-state index in [1.165, 1.54) is 0 Å². The molecule has 0 heterocycles. The first-order valence-electron chi connectivity index (χ1n) is 6.38. The summed E-state index contributed by atoms with van der Waals surface area (Å²) in [6.07, 6.45) is 0. The summed E-state index contributed by atoms with van der Waals surface area (Å²) < 4.78 is 0. The number of phenolic OH excluding ortho intramolecular Hbond substituents is 1. The fourth-order valence-corrected chi connectivity index (χ4v) is 2.06. The second kappa shape index (κ2) is 6.41. The minimum atomic E-state index is -0.396. The van der Waals surface area contributed by atoms with Gasteiger partial charge in [-0.2, -0.15) is 5.10 Å². The topological polar surface area (TPSA) is 61.7 Å². The van der Waals surface area contributed by atoms with Gasteiger partial charge in [-0.15, -0.1) is 0 Å². The Morgan fingerprint density at radius 2 is 1.90 bits per heavy atom. The van der Waals surface area contributed by atoms with Crippen molar-refractivity contribution < 1.29 is 9.90 Å². The Morgan fingerprint density at radius 1 is 1.19 bits per heavy atom. The van der Waals surface area contributed by atoms with E-state index in [-0.39, 0.29) is 5.75 Å². The summed E-state index contributed by atoms with van der Waals surface area (Å²) in [5.41, 5.74) is 4.87. The molecular formula is C16H15ClN2O2. The van der Waals surface area contributed by atoms with E-state index in [0.29, 0.717) is 21.9 Å². The van der Waals surface area contributed by atoms with Crippen LogP contribution in [-0.2, 0) is 0 Å². The van der Waals surface area contributed by atoms with Gasteiger partial charge in [0.05, 0.1) is 16.3 Å². The number of carbonyl (C=O) groups excluding carboxylic acids is 1. The van der Waals surface area contributed by atoms with Gasteiger partial charge in [0.1, 0.15) is 5.75 Å². The average molecular weight is 303 g/mol. The normalized spacial score (nSPS) is 11.3. The third kappa shape index (κ3) is 3.61. The zero-order chi connectivity index (χ0) is 15.4. The number of phenols is 1. The molecule has 0 bridgehead atoms. The lowest BCUT2D eigenvalue weighted by molar-refractivity contribution is 0.0955. The van der Waals surface area contributed by atoms with Gasteiger partial charge in [-0.1, -0.05) is 35.4 Å². The van der Waals surface area contributed by atoms with Crippen LogP contribution in [0.25, 0.3) is 0 Å². The van der Waals surface area contributed by atoms with Crippen molar-refractivity contribution in [3.05, 3.63) is 64.2 Å². The molecule has 108 valence electrons. The van der Waals surface area contributed by atoms with E-state index in [4.69, 9.17) is 11.6 Å². The van der Waals surface area contributed by atoms with Gasteiger partial charge < -0.3 is 5.11 Å². The number of halogens is 1. The highest BCUT2D eigenvalue weighted by atomic mass is 35.5. The Labute approximate surface area is 128 Å². The highest BCUT2D eigenvalue weighted by molar-refractivity contribution is 6.33. The molecule has 0 saturated carbocycles. The van der Waals surface area contributed by atoms with Crippen molar-refractivity contribution in [2.24, 2.45) is 5.10 Å². The zero-order valence-electron chi connectivity index (χ0n) is 11.7. The molecule has 4 nitrogen and oxygen atoms in total. The van der Waals surface area contributed by atoms with E-state index in [0.717, 1.165) is 5.56 Å². The van der Waals surface area contributed by atoms with Crippen molar-refractivity contribution in [1.29, 1.82) is 0 Å². The summed E-state index contributed by atoms with van der Waals surface area (Å²) in [4.78, 5) is 12.0. The number of aryl methyl sites for hydroxylation is 1. The van der Waals surface area contributed by atoms with Crippen LogP contribution in [0.2, 0.25) is 5.02 Å². The number of rotatable bonds is 3. The largest absolute Gasteiger partial charge is 0.507 e. The molecule has 0 fully saturated rings. The van der Waals surface area contributed by atoms with Crippen molar-refractivity contribution in [2.75, 3.05) is 0 Å². The van der Waals surface area contributed by atoms with Crippen LogP contribution in [0.5, 0.6) is 5.75 Å². The quantitative estimate of drug-likeness (QED) is 0.673. The van der Waals surface area contributed by atoms with E-state index < -0.39 is 5.91 Å². The standard InChI is InChI=1S/C16H15ClN2O2/c1-10-7-8-15(20)13(9-10)11(2)18-19-16(21)12-5-3-4-6-14(12)17/h3-9,20H,1-2H3,(H,19,21)/b18-11+. The lowest BCUT2D eigenvalue weighted by atomic mass is 10.1. The molecule has 5 heteroatoms. The lowest BCUT2D eigenvalue weighted by Gasteiger charge is -2.07. The van der Waals surface area contributed by atoms with Crippen molar-refractivity contribution >= 4 is 23.2 Å². The molecule has 2 aromatic rings. The molecule has 0 radical (unpaired) electrons. The van der Waals surface area contributed by atoms with E-state index in [2.05, 4.69) is 10.5 Å². The summed E-state index contributed by atoms with van der Waals surface area (Å²) >= 11 is 5.95. The zero-order valence-corrected chi connectivity index (χ0v) is 12.5. The van der Waals surface area contributed by atoms with Gasteiger partial charge in [-0.05, 0) is 38.1 Å². The monoisotopic (exact) mass is 302 g/mol. The van der Waals surface area contributed by atoms with E-state index in [1.807, 2.05) is 6.92 Å². The first kappa shape index (κ1) is 15.1. The Morgan fingerprint density at radius 3 is 2.62 bits per heavy atom. The van der Waals surface area contributed by atoms with Gasteiger partial charge in [0, 0.05) is 5.56 Å². The summed E-state index contributed by atoms with van der Waals surface area (Å²) in [7, 11) is 0. The van der Waals surface area contributed by atoms with Crippen molar-refractivity contribution in [1.82, 2.24) is 5.43 Å². The third-order valence-electron chi connectivity index (χ3n) is 2.99. The molecule has 2 aromatic carbocycles. The number of amides is 1. The Bertz CT molecular complexity index is 711. The maximum absolute atomic E-state index is 12.0. The SMILES string of the molecule is C/C(=N\NC(=O)c1ccccc1Cl)c1cc(C)ccc1O. The smallest absolute Gasteiger partial charge is 0.272 e. The maximum Gasteiger partial charge on any atom is 0.272 e. The van der Waals surface area contributed by atoms with Crippen LogP contribution in [0.3, 0.4) is 0 Å². The minimum Gasteiger partial charge on any atom is -0.507 e. The molecule has 1 amide bonds. The van der Waals surface area contributed by atoms with Crippen LogP contribution in [0.1, 0.15) is 28.4 Å². The molecule has 2 rings (SSSR count). The van der Waals surface area contributed by atoms with Crippen molar-refractivity contribution in [3.63, 3.8) is 0 Å². The fraction of sp³-hybridized carbons (Fsp3) is 0.125. The van der Waals surface area contributed by atoms with E-state index in [9.17, 15) is 9.90 Å². The van der Waals surface area contributed by atoms with Gasteiger partial charge in [0.15, 0.2) is 0 Å². The number of nitrogens with zero attached hydrogens (tertiary/aromatic N) is 1. The highest BCUT2D eigenvalue weighted by Gasteiger charge is 2.10. The molecule has 0 aromatic heterocycles. The minimum absolute atomic E-state index is 0.119. The molecule has 2 N–H and O–H groups in total. The van der Waals surface area contributed by atoms with Crippen LogP contribution < -0.4 is 5.43 Å². The fourth-order valence-electron chi connectivity index (χ4n) is 1.84. The Balaban J connectivity index is 2.19. The number of hydrogen-bond acceptors (Lipinski definition) is 3. The maximum atomic E-state index is 12.0.